The van der Waals surface area contributed by atoms with Gasteiger partial charge in [0.15, 0.2) is 0 Å². The molecule has 0 aliphatic heterocycles. The molecule has 0 aromatic carbocycles. The summed E-state index contributed by atoms with van der Waals surface area (Å²) in [5.74, 6) is 0. The topological polar surface area (TPSA) is 73.1 Å². The smallest absolute Gasteiger partial charge is 0.243 e. The summed E-state index contributed by atoms with van der Waals surface area (Å²) in [5, 5.41) is 5.65. The molecule has 0 saturated carbocycles. The summed E-state index contributed by atoms with van der Waals surface area (Å²) in [6, 6.07) is 0. The normalized spacial score (nSPS) is 11.7. The maximum absolute atomic E-state index is 10.3. The Morgan fingerprint density at radius 1 is 1.67 bits per heavy atom. The fourth-order valence-electron chi connectivity index (χ4n) is 0.264. The zero-order valence-electron chi connectivity index (χ0n) is 3.98. The first-order valence-corrected chi connectivity index (χ1v) is 4.14. The molecular weight excluding hydrogens is 168 g/mol. The van der Waals surface area contributed by atoms with E-state index in [9.17, 15) is 8.42 Å². The first-order chi connectivity index (χ1) is 4.11. The molecule has 0 aliphatic rings. The Labute approximate surface area is 55.0 Å². The van der Waals surface area contributed by atoms with Crippen molar-refractivity contribution in [2.45, 2.75) is 5.03 Å². The van der Waals surface area contributed by atoms with Crippen LogP contribution < -0.4 is 0 Å². The van der Waals surface area contributed by atoms with Crippen LogP contribution in [0.25, 0.3) is 0 Å². The lowest BCUT2D eigenvalue weighted by molar-refractivity contribution is 0.297. The van der Waals surface area contributed by atoms with Crippen LogP contribution in [0, 0.1) is 0 Å². The molecular formula is C2HClN2O3S. The molecule has 0 saturated heterocycles. The van der Waals surface area contributed by atoms with Crippen molar-refractivity contribution < 1.29 is 13.0 Å². The summed E-state index contributed by atoms with van der Waals surface area (Å²) >= 11 is 0. The van der Waals surface area contributed by atoms with E-state index in [1.165, 1.54) is 0 Å². The molecule has 1 aromatic rings. The molecule has 0 bridgehead atoms. The number of halogens is 1. The Balaban J connectivity index is 3.20. The summed E-state index contributed by atoms with van der Waals surface area (Å²) in [7, 11) is 1.05. The molecule has 0 fully saturated rings. The van der Waals surface area contributed by atoms with Gasteiger partial charge in [0.05, 0.1) is 0 Å². The van der Waals surface area contributed by atoms with Crippen molar-refractivity contribution in [1.29, 1.82) is 0 Å². The Bertz CT molecular complexity index is 277. The zero-order valence-corrected chi connectivity index (χ0v) is 5.56. The third-order valence-corrected chi connectivity index (χ3v) is 1.74. The fourth-order valence-corrected chi connectivity index (χ4v) is 0.759. The van der Waals surface area contributed by atoms with E-state index in [0.717, 1.165) is 6.20 Å². The van der Waals surface area contributed by atoms with Crippen LogP contribution in [0.4, 0.5) is 0 Å². The minimum atomic E-state index is -3.75. The van der Waals surface area contributed by atoms with E-state index >= 15 is 0 Å². The van der Waals surface area contributed by atoms with Crippen molar-refractivity contribution in [3.8, 4) is 0 Å². The second kappa shape index (κ2) is 1.96. The first-order valence-electron chi connectivity index (χ1n) is 1.83. The third kappa shape index (κ3) is 1.39. The molecule has 1 aromatic heterocycles. The van der Waals surface area contributed by atoms with Crippen LogP contribution in [0.2, 0.25) is 0 Å². The molecule has 0 amide bonds. The second-order valence-corrected chi connectivity index (χ2v) is 3.70. The van der Waals surface area contributed by atoms with Crippen LogP contribution >= 0.6 is 10.7 Å². The molecule has 9 heavy (non-hydrogen) atoms. The van der Waals surface area contributed by atoms with Gasteiger partial charge in [-0.2, -0.15) is 0 Å². The quantitative estimate of drug-likeness (QED) is 0.552. The van der Waals surface area contributed by atoms with Crippen LogP contribution in [0.3, 0.4) is 0 Å². The van der Waals surface area contributed by atoms with Crippen LogP contribution in [0.15, 0.2) is 15.9 Å². The molecule has 5 nitrogen and oxygen atoms in total. The highest BCUT2D eigenvalue weighted by Gasteiger charge is 2.13. The Morgan fingerprint density at radius 3 is 2.56 bits per heavy atom. The number of rotatable bonds is 1. The van der Waals surface area contributed by atoms with Crippen molar-refractivity contribution in [3.05, 3.63) is 6.20 Å². The minimum Gasteiger partial charge on any atom is -0.243 e. The largest absolute Gasteiger partial charge is 0.283 e. The molecule has 0 N–H and O–H groups in total. The van der Waals surface area contributed by atoms with E-state index in [0.29, 0.717) is 0 Å². The maximum Gasteiger partial charge on any atom is 0.283 e. The van der Waals surface area contributed by atoms with Gasteiger partial charge in [0.2, 0.25) is 5.03 Å². The summed E-state index contributed by atoms with van der Waals surface area (Å²) in [4.78, 5) is 0. The molecule has 0 unspecified atom stereocenters. The van der Waals surface area contributed by atoms with E-state index in [4.69, 9.17) is 10.7 Å². The van der Waals surface area contributed by atoms with Crippen molar-refractivity contribution in [2.75, 3.05) is 0 Å². The Hall–Kier alpha value is -0.620. The Kier molecular flexibility index (Phi) is 1.42. The van der Waals surface area contributed by atoms with Gasteiger partial charge in [0, 0.05) is 10.7 Å². The molecule has 0 aliphatic carbocycles. The van der Waals surface area contributed by atoms with Gasteiger partial charge in [-0.1, -0.05) is 5.16 Å². The van der Waals surface area contributed by atoms with Crippen molar-refractivity contribution in [1.82, 2.24) is 10.3 Å². The van der Waals surface area contributed by atoms with Gasteiger partial charge in [-0.3, -0.25) is 0 Å². The Morgan fingerprint density at radius 2 is 2.33 bits per heavy atom. The molecule has 0 spiro atoms. The lowest BCUT2D eigenvalue weighted by Crippen LogP contribution is -1.88. The van der Waals surface area contributed by atoms with E-state index in [2.05, 4.69) is 14.9 Å². The zero-order chi connectivity index (χ0) is 6.91. The predicted octanol–water partition coefficient (Wildman–Crippen LogP) is -0.00290. The summed E-state index contributed by atoms with van der Waals surface area (Å²) < 4.78 is 24.6. The number of hydrogen-bond donors (Lipinski definition) is 0. The summed E-state index contributed by atoms with van der Waals surface area (Å²) in [5.41, 5.74) is 0. The van der Waals surface area contributed by atoms with E-state index in [1.807, 2.05) is 0 Å². The highest BCUT2D eigenvalue weighted by atomic mass is 35.7. The van der Waals surface area contributed by atoms with Crippen LogP contribution in [-0.2, 0) is 9.05 Å². The number of hydrogen-bond acceptors (Lipinski definition) is 5. The van der Waals surface area contributed by atoms with Gasteiger partial charge >= 0.3 is 0 Å². The lowest BCUT2D eigenvalue weighted by Gasteiger charge is -1.78. The average molecular weight is 169 g/mol. The highest BCUT2D eigenvalue weighted by Crippen LogP contribution is 2.08. The van der Waals surface area contributed by atoms with Crippen LogP contribution in [-0.4, -0.2) is 18.7 Å². The maximum atomic E-state index is 10.3. The highest BCUT2D eigenvalue weighted by molar-refractivity contribution is 8.13. The molecule has 1 heterocycles. The second-order valence-electron chi connectivity index (χ2n) is 1.18. The molecule has 7 heteroatoms. The molecule has 50 valence electrons. The van der Waals surface area contributed by atoms with Gasteiger partial charge in [0.1, 0.15) is 6.20 Å². The lowest BCUT2D eigenvalue weighted by atomic mass is 11.0. The van der Waals surface area contributed by atoms with Crippen molar-refractivity contribution in [2.24, 2.45) is 0 Å². The van der Waals surface area contributed by atoms with Gasteiger partial charge in [0.25, 0.3) is 9.05 Å². The molecule has 1 rings (SSSR count). The molecule has 0 radical (unpaired) electrons. The van der Waals surface area contributed by atoms with Gasteiger partial charge < -0.3 is 0 Å². The average Bonchev–Trinajstić information content (AvgIpc) is 2.08. The fraction of sp³-hybridized carbons (Fsp3) is 0. The van der Waals surface area contributed by atoms with E-state index < -0.39 is 9.05 Å². The SMILES string of the molecule is O=S(=O)(Cl)c1cnon1. The van der Waals surface area contributed by atoms with Crippen LogP contribution in [0.5, 0.6) is 0 Å². The van der Waals surface area contributed by atoms with Gasteiger partial charge in [-0.25, -0.2) is 13.0 Å². The summed E-state index contributed by atoms with van der Waals surface area (Å²) in [6.45, 7) is 0. The van der Waals surface area contributed by atoms with E-state index in [-0.39, 0.29) is 5.03 Å². The number of aromatic nitrogens is 2. The third-order valence-electron chi connectivity index (χ3n) is 0.591. The summed E-state index contributed by atoms with van der Waals surface area (Å²) in [6.07, 6.45) is 0.919. The van der Waals surface area contributed by atoms with Crippen molar-refractivity contribution >= 4 is 19.7 Å². The monoisotopic (exact) mass is 168 g/mol. The van der Waals surface area contributed by atoms with Crippen LogP contribution in [0.1, 0.15) is 0 Å². The van der Waals surface area contributed by atoms with Gasteiger partial charge in [-0.05, 0) is 5.16 Å². The van der Waals surface area contributed by atoms with Crippen molar-refractivity contribution in [3.63, 3.8) is 0 Å². The first kappa shape index (κ1) is 6.50. The number of nitrogens with zero attached hydrogens (tertiary/aromatic N) is 2. The standard InChI is InChI=1S/C2HClN2O3S/c3-9(6,7)2-1-4-8-5-2/h1H. The van der Waals surface area contributed by atoms with Gasteiger partial charge in [-0.15, -0.1) is 0 Å². The minimum absolute atomic E-state index is 0.371. The molecule has 0 atom stereocenters. The predicted molar refractivity (Wildman–Crippen MR) is 27.3 cm³/mol. The van der Waals surface area contributed by atoms with E-state index in [1.54, 1.807) is 0 Å².